The van der Waals surface area contributed by atoms with Crippen molar-refractivity contribution in [1.29, 1.82) is 0 Å². The number of benzene rings is 2. The zero-order chi connectivity index (χ0) is 24.5. The third kappa shape index (κ3) is 4.55. The second-order valence-corrected chi connectivity index (χ2v) is 10.1. The molecular weight excluding hydrogens is 438 g/mol. The minimum atomic E-state index is -0.341. The molecule has 0 bridgehead atoms. The van der Waals surface area contributed by atoms with Gasteiger partial charge in [-0.1, -0.05) is 69.2 Å². The van der Waals surface area contributed by atoms with Crippen LogP contribution in [-0.4, -0.2) is 18.9 Å². The van der Waals surface area contributed by atoms with Crippen molar-refractivity contribution < 1.29 is 0 Å². The highest BCUT2D eigenvalue weighted by molar-refractivity contribution is 5.89. The van der Waals surface area contributed by atoms with E-state index in [9.17, 15) is 9.59 Å². The van der Waals surface area contributed by atoms with Crippen LogP contribution in [-0.2, 0) is 20.1 Å². The van der Waals surface area contributed by atoms with E-state index < -0.39 is 0 Å². The largest absolute Gasteiger partial charge is 0.340 e. The Morgan fingerprint density at radius 2 is 1.69 bits per heavy atom. The summed E-state index contributed by atoms with van der Waals surface area (Å²) in [5.74, 6) is 1.50. The topological polar surface area (TPSA) is 73.8 Å². The Labute approximate surface area is 205 Å². The van der Waals surface area contributed by atoms with E-state index in [1.54, 1.807) is 4.57 Å². The highest BCUT2D eigenvalue weighted by atomic mass is 16.2. The van der Waals surface area contributed by atoms with E-state index >= 15 is 0 Å². The van der Waals surface area contributed by atoms with Crippen LogP contribution in [0.2, 0.25) is 0 Å². The summed E-state index contributed by atoms with van der Waals surface area (Å²) in [6.07, 6.45) is 5.17. The van der Waals surface area contributed by atoms with E-state index in [-0.39, 0.29) is 17.2 Å². The van der Waals surface area contributed by atoms with Crippen LogP contribution in [0.15, 0.2) is 64.2 Å². The second kappa shape index (κ2) is 9.56. The van der Waals surface area contributed by atoms with Crippen LogP contribution in [0.1, 0.15) is 56.6 Å². The molecule has 0 unspecified atom stereocenters. The third-order valence-corrected chi connectivity index (χ3v) is 6.95. The molecule has 182 valence electrons. The Morgan fingerprint density at radius 1 is 1.00 bits per heavy atom. The molecule has 0 saturated heterocycles. The fourth-order valence-electron chi connectivity index (χ4n) is 5.12. The fraction of sp³-hybridized carbons (Fsp3) is 0.393. The quantitative estimate of drug-likeness (QED) is 0.412. The smallest absolute Gasteiger partial charge is 0.332 e. The van der Waals surface area contributed by atoms with Gasteiger partial charge in [0.05, 0.1) is 6.54 Å². The minimum Gasteiger partial charge on any atom is -0.340 e. The van der Waals surface area contributed by atoms with Crippen LogP contribution in [0.3, 0.4) is 0 Å². The van der Waals surface area contributed by atoms with E-state index in [2.05, 4.69) is 43.4 Å². The van der Waals surface area contributed by atoms with Crippen molar-refractivity contribution in [3.8, 4) is 0 Å². The summed E-state index contributed by atoms with van der Waals surface area (Å²) in [4.78, 5) is 26.3. The van der Waals surface area contributed by atoms with E-state index in [1.165, 1.54) is 42.9 Å². The van der Waals surface area contributed by atoms with Gasteiger partial charge in [-0.15, -0.1) is 0 Å². The highest BCUT2D eigenvalue weighted by Gasteiger charge is 2.22. The number of anilines is 2. The summed E-state index contributed by atoms with van der Waals surface area (Å²) in [5.41, 5.74) is 3.10. The molecule has 1 aliphatic rings. The Balaban J connectivity index is 1.62. The first-order valence-corrected chi connectivity index (χ1v) is 12.5. The van der Waals surface area contributed by atoms with E-state index in [0.29, 0.717) is 35.9 Å². The summed E-state index contributed by atoms with van der Waals surface area (Å²) in [7, 11) is 1.53. The lowest BCUT2D eigenvalue weighted by molar-refractivity contribution is 0.498. The SMILES string of the molecule is CC(C)Cn1c(=O)n(C)c(=O)c2c(Nc3ccccc3)n(Cc3ccc(C4CCCC4)cc3)nc21. The molecule has 0 aliphatic heterocycles. The molecule has 1 fully saturated rings. The Kier molecular flexibility index (Phi) is 6.32. The number of aromatic nitrogens is 4. The molecule has 1 aliphatic carbocycles. The van der Waals surface area contributed by atoms with Gasteiger partial charge in [-0.25, -0.2) is 9.48 Å². The van der Waals surface area contributed by atoms with Crippen LogP contribution < -0.4 is 16.6 Å². The predicted octanol–water partition coefficient (Wildman–Crippen LogP) is 5.00. The standard InChI is InChI=1S/C28H33N5O2/c1-19(2)17-32-26-24(27(34)31(3)28(32)35)25(29-23-11-5-4-6-12-23)33(30-26)18-20-13-15-22(16-14-20)21-9-7-8-10-21/h4-6,11-16,19,21,29H,7-10,17-18H2,1-3H3. The number of nitrogens with one attached hydrogen (secondary N) is 1. The maximum atomic E-state index is 13.3. The maximum Gasteiger partial charge on any atom is 0.332 e. The van der Waals surface area contributed by atoms with Gasteiger partial charge in [0.1, 0.15) is 11.2 Å². The number of fused-ring (bicyclic) bond motifs is 1. The van der Waals surface area contributed by atoms with Crippen LogP contribution in [0, 0.1) is 5.92 Å². The zero-order valence-electron chi connectivity index (χ0n) is 20.7. The molecule has 0 amide bonds. The molecule has 5 rings (SSSR count). The molecule has 7 heteroatoms. The fourth-order valence-corrected chi connectivity index (χ4v) is 5.12. The molecule has 2 aromatic heterocycles. The molecule has 35 heavy (non-hydrogen) atoms. The average Bonchev–Trinajstić information content (AvgIpc) is 3.51. The van der Waals surface area contributed by atoms with Gasteiger partial charge in [0.15, 0.2) is 5.65 Å². The maximum absolute atomic E-state index is 13.3. The van der Waals surface area contributed by atoms with Gasteiger partial charge in [-0.3, -0.25) is 13.9 Å². The van der Waals surface area contributed by atoms with Crippen molar-refractivity contribution in [2.24, 2.45) is 13.0 Å². The number of hydrogen-bond donors (Lipinski definition) is 1. The molecule has 1 saturated carbocycles. The van der Waals surface area contributed by atoms with Crippen LogP contribution in [0.25, 0.3) is 11.0 Å². The van der Waals surface area contributed by atoms with Crippen LogP contribution in [0.5, 0.6) is 0 Å². The van der Waals surface area contributed by atoms with Gasteiger partial charge >= 0.3 is 5.69 Å². The van der Waals surface area contributed by atoms with E-state index in [1.807, 2.05) is 35.0 Å². The van der Waals surface area contributed by atoms with Crippen LogP contribution in [0.4, 0.5) is 11.5 Å². The number of hydrogen-bond acceptors (Lipinski definition) is 4. The van der Waals surface area contributed by atoms with Crippen molar-refractivity contribution in [3.05, 3.63) is 86.6 Å². The number of para-hydroxylation sites is 1. The van der Waals surface area contributed by atoms with Gasteiger partial charge in [-0.05, 0) is 47.9 Å². The molecular formula is C28H33N5O2. The highest BCUT2D eigenvalue weighted by Crippen LogP contribution is 2.34. The Morgan fingerprint density at radius 3 is 2.34 bits per heavy atom. The lowest BCUT2D eigenvalue weighted by atomic mass is 9.97. The van der Waals surface area contributed by atoms with Crippen molar-refractivity contribution in [2.75, 3.05) is 5.32 Å². The van der Waals surface area contributed by atoms with Crippen LogP contribution >= 0.6 is 0 Å². The van der Waals surface area contributed by atoms with E-state index in [4.69, 9.17) is 5.10 Å². The number of rotatable bonds is 7. The van der Waals surface area contributed by atoms with Gasteiger partial charge in [0.2, 0.25) is 0 Å². The first-order valence-electron chi connectivity index (χ1n) is 12.5. The van der Waals surface area contributed by atoms with Crippen molar-refractivity contribution in [3.63, 3.8) is 0 Å². The van der Waals surface area contributed by atoms with Crippen molar-refractivity contribution >= 4 is 22.5 Å². The van der Waals surface area contributed by atoms with Crippen molar-refractivity contribution in [1.82, 2.24) is 18.9 Å². The summed E-state index contributed by atoms with van der Waals surface area (Å²) in [6.45, 7) is 5.08. The van der Waals surface area contributed by atoms with Gasteiger partial charge < -0.3 is 5.32 Å². The van der Waals surface area contributed by atoms with Gasteiger partial charge in [0, 0.05) is 19.3 Å². The normalized spacial score (nSPS) is 14.3. The van der Waals surface area contributed by atoms with Crippen molar-refractivity contribution in [2.45, 2.75) is 58.5 Å². The lowest BCUT2D eigenvalue weighted by Gasteiger charge is -2.13. The third-order valence-electron chi connectivity index (χ3n) is 6.95. The first-order chi connectivity index (χ1) is 16.9. The molecule has 2 aromatic carbocycles. The minimum absolute atomic E-state index is 0.229. The monoisotopic (exact) mass is 471 g/mol. The Bertz CT molecular complexity index is 1440. The molecule has 0 radical (unpaired) electrons. The van der Waals surface area contributed by atoms with Gasteiger partial charge in [0.25, 0.3) is 5.56 Å². The molecule has 0 spiro atoms. The lowest BCUT2D eigenvalue weighted by Crippen LogP contribution is -2.38. The first kappa shape index (κ1) is 23.1. The molecule has 7 nitrogen and oxygen atoms in total. The molecule has 1 N–H and O–H groups in total. The second-order valence-electron chi connectivity index (χ2n) is 10.1. The predicted molar refractivity (Wildman–Crippen MR) is 141 cm³/mol. The number of nitrogens with zero attached hydrogens (tertiary/aromatic N) is 4. The summed E-state index contributed by atoms with van der Waals surface area (Å²) in [6, 6.07) is 18.5. The molecule has 2 heterocycles. The van der Waals surface area contributed by atoms with E-state index in [0.717, 1.165) is 11.3 Å². The van der Waals surface area contributed by atoms with Gasteiger partial charge in [-0.2, -0.15) is 5.10 Å². The summed E-state index contributed by atoms with van der Waals surface area (Å²) < 4.78 is 4.63. The summed E-state index contributed by atoms with van der Waals surface area (Å²) >= 11 is 0. The molecule has 4 aromatic rings. The zero-order valence-corrected chi connectivity index (χ0v) is 20.7. The Hall–Kier alpha value is -3.61. The summed E-state index contributed by atoms with van der Waals surface area (Å²) in [5, 5.41) is 8.67. The molecule has 0 atom stereocenters. The average molecular weight is 472 g/mol.